The van der Waals surface area contributed by atoms with Gasteiger partial charge in [0.1, 0.15) is 11.9 Å². The Bertz CT molecular complexity index is 638. The molecule has 0 fully saturated rings. The maximum Gasteiger partial charge on any atom is 0.120 e. The van der Waals surface area contributed by atoms with Crippen LogP contribution in [0.2, 0.25) is 0 Å². The van der Waals surface area contributed by atoms with E-state index in [0.29, 0.717) is 18.8 Å². The Morgan fingerprint density at radius 1 is 1.23 bits per heavy atom. The minimum absolute atomic E-state index is 0.00901. The van der Waals surface area contributed by atoms with E-state index in [2.05, 4.69) is 20.9 Å². The molecule has 0 heterocycles. The lowest BCUT2D eigenvalue weighted by Crippen LogP contribution is -2.21. The van der Waals surface area contributed by atoms with E-state index in [9.17, 15) is 0 Å². The number of rotatable bonds is 6. The fourth-order valence-corrected chi connectivity index (χ4v) is 2.34. The predicted octanol–water partition coefficient (Wildman–Crippen LogP) is 4.12. The lowest BCUT2D eigenvalue weighted by molar-refractivity contribution is 0.230. The fraction of sp³-hybridized carbons (Fsp3) is 0.278. The molecule has 0 saturated heterocycles. The Morgan fingerprint density at radius 2 is 1.95 bits per heavy atom. The highest BCUT2D eigenvalue weighted by Crippen LogP contribution is 2.14. The maximum absolute atomic E-state index is 5.99. The summed E-state index contributed by atoms with van der Waals surface area (Å²) in [5.41, 5.74) is 8.33. The van der Waals surface area contributed by atoms with Gasteiger partial charge in [-0.25, -0.2) is 0 Å². The molecule has 1 unspecified atom stereocenters. The predicted molar refractivity (Wildman–Crippen MR) is 95.6 cm³/mol. The van der Waals surface area contributed by atoms with Crippen LogP contribution in [0, 0.1) is 6.92 Å². The Labute approximate surface area is 140 Å². The van der Waals surface area contributed by atoms with Crippen molar-refractivity contribution in [3.05, 3.63) is 64.1 Å². The summed E-state index contributed by atoms with van der Waals surface area (Å²) in [7, 11) is 0. The second-order valence-electron chi connectivity index (χ2n) is 5.38. The van der Waals surface area contributed by atoms with Crippen molar-refractivity contribution in [2.75, 3.05) is 6.54 Å². The van der Waals surface area contributed by atoms with Crippen LogP contribution in [-0.2, 0) is 6.42 Å². The number of halogens is 1. The Hall–Kier alpha value is -1.81. The summed E-state index contributed by atoms with van der Waals surface area (Å²) in [6.07, 6.45) is 0.648. The van der Waals surface area contributed by atoms with Crippen LogP contribution in [0.3, 0.4) is 0 Å². The number of hydrogen-bond donors (Lipinski definition) is 1. The normalized spacial score (nSPS) is 13.0. The van der Waals surface area contributed by atoms with E-state index in [4.69, 9.17) is 10.5 Å². The summed E-state index contributed by atoms with van der Waals surface area (Å²) in [5.74, 6) is 1.50. The molecule has 0 amide bonds. The molecule has 0 aromatic heterocycles. The van der Waals surface area contributed by atoms with Crippen molar-refractivity contribution in [2.45, 2.75) is 26.4 Å². The third-order valence-electron chi connectivity index (χ3n) is 3.18. The number of aryl methyl sites for hydroxylation is 1. The van der Waals surface area contributed by atoms with Crippen molar-refractivity contribution in [3.63, 3.8) is 0 Å². The molecule has 3 nitrogen and oxygen atoms in total. The van der Waals surface area contributed by atoms with E-state index in [1.54, 1.807) is 0 Å². The molecule has 0 aliphatic rings. The van der Waals surface area contributed by atoms with Crippen LogP contribution in [0.25, 0.3) is 0 Å². The summed E-state index contributed by atoms with van der Waals surface area (Å²) < 4.78 is 6.90. The Balaban J connectivity index is 1.85. The Kier molecular flexibility index (Phi) is 6.01. The second kappa shape index (κ2) is 7.99. The van der Waals surface area contributed by atoms with Gasteiger partial charge >= 0.3 is 0 Å². The number of hydrogen-bond acceptors (Lipinski definition) is 2. The topological polar surface area (TPSA) is 47.6 Å². The second-order valence-corrected chi connectivity index (χ2v) is 6.30. The average molecular weight is 361 g/mol. The molecule has 0 aliphatic carbocycles. The summed E-state index contributed by atoms with van der Waals surface area (Å²) >= 11 is 3.42. The highest BCUT2D eigenvalue weighted by molar-refractivity contribution is 9.10. The SMILES string of the molecule is Cc1cccc(OC(C)CN=C(N)Cc2ccc(Br)cc2)c1. The van der Waals surface area contributed by atoms with Gasteiger partial charge in [0.05, 0.1) is 12.4 Å². The number of nitrogens with two attached hydrogens (primary N) is 1. The van der Waals surface area contributed by atoms with Gasteiger partial charge in [-0.05, 0) is 49.2 Å². The van der Waals surface area contributed by atoms with Crippen LogP contribution in [0.5, 0.6) is 5.75 Å². The van der Waals surface area contributed by atoms with Crippen LogP contribution >= 0.6 is 15.9 Å². The molecule has 0 saturated carbocycles. The van der Waals surface area contributed by atoms with E-state index < -0.39 is 0 Å². The molecule has 2 N–H and O–H groups in total. The molecular weight excluding hydrogens is 340 g/mol. The first-order valence-electron chi connectivity index (χ1n) is 7.29. The van der Waals surface area contributed by atoms with Crippen LogP contribution in [0.15, 0.2) is 58.0 Å². The fourth-order valence-electron chi connectivity index (χ4n) is 2.07. The summed E-state index contributed by atoms with van der Waals surface area (Å²) in [6.45, 7) is 4.60. The lowest BCUT2D eigenvalue weighted by atomic mass is 10.1. The summed E-state index contributed by atoms with van der Waals surface area (Å²) in [6, 6.07) is 16.1. The largest absolute Gasteiger partial charge is 0.489 e. The smallest absolute Gasteiger partial charge is 0.120 e. The number of nitrogens with zero attached hydrogens (tertiary/aromatic N) is 1. The lowest BCUT2D eigenvalue weighted by Gasteiger charge is -2.13. The Morgan fingerprint density at radius 3 is 2.64 bits per heavy atom. The molecular formula is C18H21BrN2O. The minimum atomic E-state index is -0.00901. The molecule has 116 valence electrons. The van der Waals surface area contributed by atoms with E-state index in [-0.39, 0.29) is 6.10 Å². The van der Waals surface area contributed by atoms with E-state index in [1.165, 1.54) is 5.56 Å². The molecule has 2 aromatic rings. The van der Waals surface area contributed by atoms with Gasteiger partial charge in [-0.3, -0.25) is 4.99 Å². The van der Waals surface area contributed by atoms with Crippen molar-refractivity contribution >= 4 is 21.8 Å². The number of aliphatic imine (C=N–C) groups is 1. The molecule has 22 heavy (non-hydrogen) atoms. The standard InChI is InChI=1S/C18H21BrN2O/c1-13-4-3-5-17(10-13)22-14(2)12-21-18(20)11-15-6-8-16(19)9-7-15/h3-10,14H,11-12H2,1-2H3,(H2,20,21). The van der Waals surface area contributed by atoms with Gasteiger partial charge in [-0.2, -0.15) is 0 Å². The number of benzene rings is 2. The number of amidine groups is 1. The van der Waals surface area contributed by atoms with Crippen molar-refractivity contribution in [3.8, 4) is 5.75 Å². The molecule has 1 atom stereocenters. The van der Waals surface area contributed by atoms with Crippen LogP contribution in [0.4, 0.5) is 0 Å². The van der Waals surface area contributed by atoms with E-state index in [1.807, 2.05) is 62.4 Å². The summed E-state index contributed by atoms with van der Waals surface area (Å²) in [5, 5.41) is 0. The van der Waals surface area contributed by atoms with Gasteiger partial charge in [0.15, 0.2) is 0 Å². The molecule has 4 heteroatoms. The highest BCUT2D eigenvalue weighted by atomic mass is 79.9. The van der Waals surface area contributed by atoms with Gasteiger partial charge in [-0.15, -0.1) is 0 Å². The maximum atomic E-state index is 5.99. The van der Waals surface area contributed by atoms with Crippen molar-refractivity contribution in [2.24, 2.45) is 10.7 Å². The first kappa shape index (κ1) is 16.6. The summed E-state index contributed by atoms with van der Waals surface area (Å²) in [4.78, 5) is 4.42. The first-order chi connectivity index (χ1) is 10.5. The highest BCUT2D eigenvalue weighted by Gasteiger charge is 2.04. The zero-order valence-electron chi connectivity index (χ0n) is 12.9. The van der Waals surface area contributed by atoms with Gasteiger partial charge in [-0.1, -0.05) is 40.2 Å². The zero-order chi connectivity index (χ0) is 15.9. The molecule has 0 radical (unpaired) electrons. The van der Waals surface area contributed by atoms with E-state index in [0.717, 1.165) is 15.8 Å². The molecule has 2 aromatic carbocycles. The van der Waals surface area contributed by atoms with Crippen LogP contribution < -0.4 is 10.5 Å². The minimum Gasteiger partial charge on any atom is -0.489 e. The molecule has 2 rings (SSSR count). The molecule has 0 aliphatic heterocycles. The van der Waals surface area contributed by atoms with Gasteiger partial charge < -0.3 is 10.5 Å². The first-order valence-corrected chi connectivity index (χ1v) is 8.09. The van der Waals surface area contributed by atoms with E-state index >= 15 is 0 Å². The van der Waals surface area contributed by atoms with Crippen LogP contribution in [-0.4, -0.2) is 18.5 Å². The quantitative estimate of drug-likeness (QED) is 0.621. The van der Waals surface area contributed by atoms with Crippen molar-refractivity contribution < 1.29 is 4.74 Å². The number of ether oxygens (including phenoxy) is 1. The monoisotopic (exact) mass is 360 g/mol. The third-order valence-corrected chi connectivity index (χ3v) is 3.71. The van der Waals surface area contributed by atoms with Crippen molar-refractivity contribution in [1.82, 2.24) is 0 Å². The average Bonchev–Trinajstić information content (AvgIpc) is 2.48. The molecule has 0 bridgehead atoms. The van der Waals surface area contributed by atoms with Crippen LogP contribution in [0.1, 0.15) is 18.1 Å². The van der Waals surface area contributed by atoms with Gasteiger partial charge in [0, 0.05) is 10.9 Å². The van der Waals surface area contributed by atoms with Crippen molar-refractivity contribution in [1.29, 1.82) is 0 Å². The zero-order valence-corrected chi connectivity index (χ0v) is 14.5. The third kappa shape index (κ3) is 5.53. The van der Waals surface area contributed by atoms with Gasteiger partial charge in [0.25, 0.3) is 0 Å². The van der Waals surface area contributed by atoms with Gasteiger partial charge in [0.2, 0.25) is 0 Å². The molecule has 0 spiro atoms.